The number of rotatable bonds is 5. The zero-order valence-corrected chi connectivity index (χ0v) is 13.5. The molecule has 1 N–H and O–H groups in total. The lowest BCUT2D eigenvalue weighted by Crippen LogP contribution is -2.20. The van der Waals surface area contributed by atoms with Crippen LogP contribution in [0, 0.1) is 17.0 Å². The van der Waals surface area contributed by atoms with Gasteiger partial charge in [-0.25, -0.2) is 0 Å². The molecule has 0 atom stereocenters. The van der Waals surface area contributed by atoms with E-state index in [-0.39, 0.29) is 12.3 Å². The van der Waals surface area contributed by atoms with Gasteiger partial charge in [0, 0.05) is 27.9 Å². The van der Waals surface area contributed by atoms with Gasteiger partial charge in [0.2, 0.25) is 0 Å². The second-order valence-electron chi connectivity index (χ2n) is 4.70. The van der Waals surface area contributed by atoms with E-state index in [1.54, 1.807) is 25.1 Å². The van der Waals surface area contributed by atoms with E-state index in [0.29, 0.717) is 27.0 Å². The van der Waals surface area contributed by atoms with Crippen LogP contribution < -0.4 is 10.1 Å². The molecule has 0 bridgehead atoms. The van der Waals surface area contributed by atoms with Crippen LogP contribution in [0.15, 0.2) is 36.4 Å². The topological polar surface area (TPSA) is 81.5 Å². The molecule has 2 rings (SSSR count). The lowest BCUT2D eigenvalue weighted by atomic mass is 10.2. The van der Waals surface area contributed by atoms with Crippen molar-refractivity contribution in [2.45, 2.75) is 6.92 Å². The highest BCUT2D eigenvalue weighted by Gasteiger charge is 2.11. The first-order valence-corrected chi connectivity index (χ1v) is 7.24. The van der Waals surface area contributed by atoms with Crippen LogP contribution in [0.4, 0.5) is 11.4 Å². The normalized spacial score (nSPS) is 10.2. The fourth-order valence-corrected chi connectivity index (χ4v) is 2.40. The summed E-state index contributed by atoms with van der Waals surface area (Å²) in [5, 5.41) is 14.1. The molecule has 8 heteroatoms. The minimum atomic E-state index is -0.494. The molecule has 0 heterocycles. The maximum atomic E-state index is 11.9. The van der Waals surface area contributed by atoms with Crippen molar-refractivity contribution >= 4 is 40.5 Å². The number of ether oxygens (including phenoxy) is 1. The van der Waals surface area contributed by atoms with Gasteiger partial charge in [-0.2, -0.15) is 0 Å². The average Bonchev–Trinajstić information content (AvgIpc) is 2.44. The molecule has 2 aromatic carbocycles. The van der Waals surface area contributed by atoms with Crippen molar-refractivity contribution < 1.29 is 14.5 Å². The third-order valence-corrected chi connectivity index (χ3v) is 3.31. The first-order chi connectivity index (χ1) is 10.8. The summed E-state index contributed by atoms with van der Waals surface area (Å²) in [6.45, 7) is 1.42. The molecule has 0 spiro atoms. The van der Waals surface area contributed by atoms with Crippen LogP contribution in [0.5, 0.6) is 5.75 Å². The van der Waals surface area contributed by atoms with Gasteiger partial charge in [-0.05, 0) is 36.8 Å². The summed E-state index contributed by atoms with van der Waals surface area (Å²) < 4.78 is 5.37. The Balaban J connectivity index is 1.98. The van der Waals surface area contributed by atoms with Gasteiger partial charge in [-0.3, -0.25) is 14.9 Å². The van der Waals surface area contributed by atoms with Crippen LogP contribution in [0.1, 0.15) is 5.56 Å². The van der Waals surface area contributed by atoms with Crippen molar-refractivity contribution in [3.63, 3.8) is 0 Å². The summed E-state index contributed by atoms with van der Waals surface area (Å²) in [6.07, 6.45) is 0. The molecule has 0 saturated heterocycles. The summed E-state index contributed by atoms with van der Waals surface area (Å²) in [4.78, 5) is 22.0. The van der Waals surface area contributed by atoms with Crippen molar-refractivity contribution in [3.8, 4) is 5.75 Å². The van der Waals surface area contributed by atoms with Crippen molar-refractivity contribution in [3.05, 3.63) is 62.1 Å². The van der Waals surface area contributed by atoms with E-state index >= 15 is 0 Å². The first kappa shape index (κ1) is 17.1. The van der Waals surface area contributed by atoms with Gasteiger partial charge in [-0.15, -0.1) is 0 Å². The minimum absolute atomic E-state index is 0.0344. The van der Waals surface area contributed by atoms with E-state index in [0.717, 1.165) is 0 Å². The Morgan fingerprint density at radius 1 is 1.22 bits per heavy atom. The molecular formula is C15H12Cl2N2O4. The van der Waals surface area contributed by atoms with Crippen molar-refractivity contribution in [1.29, 1.82) is 0 Å². The van der Waals surface area contributed by atoms with Gasteiger partial charge in [0.25, 0.3) is 11.6 Å². The Kier molecular flexibility index (Phi) is 5.41. The quantitative estimate of drug-likeness (QED) is 0.643. The Labute approximate surface area is 142 Å². The second-order valence-corrected chi connectivity index (χ2v) is 5.57. The number of aryl methyl sites for hydroxylation is 1. The average molecular weight is 355 g/mol. The SMILES string of the molecule is Cc1cc([N+](=O)[O-])ccc1OCC(=O)Nc1cc(Cl)cc(Cl)c1. The van der Waals surface area contributed by atoms with Gasteiger partial charge in [0.05, 0.1) is 4.92 Å². The highest BCUT2D eigenvalue weighted by atomic mass is 35.5. The molecule has 23 heavy (non-hydrogen) atoms. The summed E-state index contributed by atoms with van der Waals surface area (Å²) in [7, 11) is 0. The fraction of sp³-hybridized carbons (Fsp3) is 0.133. The van der Waals surface area contributed by atoms with Crippen LogP contribution in [0.25, 0.3) is 0 Å². The summed E-state index contributed by atoms with van der Waals surface area (Å²) >= 11 is 11.7. The van der Waals surface area contributed by atoms with Crippen LogP contribution >= 0.6 is 23.2 Å². The number of amides is 1. The molecule has 2 aromatic rings. The summed E-state index contributed by atoms with van der Waals surface area (Å²) in [6, 6.07) is 8.82. The summed E-state index contributed by atoms with van der Waals surface area (Å²) in [5.74, 6) is -0.00374. The second kappa shape index (κ2) is 7.30. The molecule has 0 fully saturated rings. The molecule has 6 nitrogen and oxygen atoms in total. The van der Waals surface area contributed by atoms with E-state index in [2.05, 4.69) is 5.32 Å². The van der Waals surface area contributed by atoms with E-state index < -0.39 is 10.8 Å². The summed E-state index contributed by atoms with van der Waals surface area (Å²) in [5.41, 5.74) is 0.988. The lowest BCUT2D eigenvalue weighted by Gasteiger charge is -2.10. The number of nitrogens with zero attached hydrogens (tertiary/aromatic N) is 1. The van der Waals surface area contributed by atoms with Gasteiger partial charge in [-0.1, -0.05) is 23.2 Å². The highest BCUT2D eigenvalue weighted by molar-refractivity contribution is 6.35. The Hall–Kier alpha value is -2.31. The smallest absolute Gasteiger partial charge is 0.269 e. The molecular weight excluding hydrogens is 343 g/mol. The first-order valence-electron chi connectivity index (χ1n) is 6.49. The number of nitro groups is 1. The van der Waals surface area contributed by atoms with Gasteiger partial charge in [0.15, 0.2) is 6.61 Å². The zero-order valence-electron chi connectivity index (χ0n) is 12.0. The Morgan fingerprint density at radius 3 is 2.43 bits per heavy atom. The van der Waals surface area contributed by atoms with Gasteiger partial charge in [0.1, 0.15) is 5.75 Å². The highest BCUT2D eigenvalue weighted by Crippen LogP contribution is 2.24. The molecule has 0 unspecified atom stereocenters. The van der Waals surface area contributed by atoms with Crippen LogP contribution in [0.2, 0.25) is 10.0 Å². The van der Waals surface area contributed by atoms with Gasteiger partial charge >= 0.3 is 0 Å². The fourth-order valence-electron chi connectivity index (χ4n) is 1.88. The Bertz CT molecular complexity index is 745. The predicted octanol–water partition coefficient (Wildman–Crippen LogP) is 4.23. The number of non-ortho nitro benzene ring substituents is 1. The maximum absolute atomic E-state index is 11.9. The molecule has 0 aliphatic carbocycles. The number of hydrogen-bond donors (Lipinski definition) is 1. The molecule has 0 saturated carbocycles. The van der Waals surface area contributed by atoms with Crippen LogP contribution in [0.3, 0.4) is 0 Å². The van der Waals surface area contributed by atoms with E-state index in [9.17, 15) is 14.9 Å². The molecule has 120 valence electrons. The largest absolute Gasteiger partial charge is 0.483 e. The van der Waals surface area contributed by atoms with Crippen molar-refractivity contribution in [1.82, 2.24) is 0 Å². The van der Waals surface area contributed by atoms with Crippen molar-refractivity contribution in [2.75, 3.05) is 11.9 Å². The standard InChI is InChI=1S/C15H12Cl2N2O4/c1-9-4-13(19(21)22)2-3-14(9)23-8-15(20)18-12-6-10(16)5-11(17)7-12/h2-7H,8H2,1H3,(H,18,20). The molecule has 0 aliphatic heterocycles. The third-order valence-electron chi connectivity index (χ3n) is 2.87. The van der Waals surface area contributed by atoms with Crippen LogP contribution in [-0.2, 0) is 4.79 Å². The van der Waals surface area contributed by atoms with E-state index in [1.165, 1.54) is 18.2 Å². The maximum Gasteiger partial charge on any atom is 0.269 e. The number of carbonyl (C=O) groups excluding carboxylic acids is 1. The third kappa shape index (κ3) is 4.84. The van der Waals surface area contributed by atoms with Crippen LogP contribution in [-0.4, -0.2) is 17.4 Å². The van der Waals surface area contributed by atoms with E-state index in [4.69, 9.17) is 27.9 Å². The van der Waals surface area contributed by atoms with Gasteiger partial charge < -0.3 is 10.1 Å². The monoisotopic (exact) mass is 354 g/mol. The predicted molar refractivity (Wildman–Crippen MR) is 88.4 cm³/mol. The number of nitro benzene ring substituents is 1. The number of halogens is 2. The lowest BCUT2D eigenvalue weighted by molar-refractivity contribution is -0.384. The number of nitrogens with one attached hydrogen (secondary N) is 1. The molecule has 1 amide bonds. The minimum Gasteiger partial charge on any atom is -0.483 e. The van der Waals surface area contributed by atoms with Crippen molar-refractivity contribution in [2.24, 2.45) is 0 Å². The number of carbonyl (C=O) groups is 1. The number of benzene rings is 2. The zero-order chi connectivity index (χ0) is 17.0. The Morgan fingerprint density at radius 2 is 1.87 bits per heavy atom. The van der Waals surface area contributed by atoms with E-state index in [1.807, 2.05) is 0 Å². The molecule has 0 radical (unpaired) electrons. The number of hydrogen-bond acceptors (Lipinski definition) is 4. The number of anilines is 1. The molecule has 0 aromatic heterocycles. The molecule has 0 aliphatic rings.